The Morgan fingerprint density at radius 3 is 2.42 bits per heavy atom. The third-order valence-electron chi connectivity index (χ3n) is 4.88. The first kappa shape index (κ1) is 20.8. The number of aryl methyl sites for hydroxylation is 2. The fourth-order valence-corrected chi connectivity index (χ4v) is 3.44. The fraction of sp³-hybridized carbons (Fsp3) is 0.0800. The minimum atomic E-state index is -0.367. The van der Waals surface area contributed by atoms with E-state index in [0.29, 0.717) is 5.69 Å². The second-order valence-corrected chi connectivity index (χ2v) is 8.15. The number of nitrogens with zero attached hydrogens (tertiary/aromatic N) is 3. The van der Waals surface area contributed by atoms with Crippen molar-refractivity contribution in [1.29, 1.82) is 0 Å². The monoisotopic (exact) mass is 472 g/mol. The molecule has 31 heavy (non-hydrogen) atoms. The van der Waals surface area contributed by atoms with Crippen molar-refractivity contribution in [3.05, 3.63) is 106 Å². The second-order valence-electron chi connectivity index (χ2n) is 7.23. The van der Waals surface area contributed by atoms with E-state index in [2.05, 4.69) is 31.6 Å². The molecule has 154 valence electrons. The van der Waals surface area contributed by atoms with Crippen molar-refractivity contribution < 1.29 is 4.79 Å². The van der Waals surface area contributed by atoms with Gasteiger partial charge in [-0.3, -0.25) is 4.79 Å². The molecule has 0 spiro atoms. The number of carbonyl (C=O) groups excluding carboxylic acids is 1. The molecule has 1 heterocycles. The molecule has 0 saturated heterocycles. The van der Waals surface area contributed by atoms with Crippen LogP contribution in [-0.4, -0.2) is 21.9 Å². The van der Waals surface area contributed by atoms with Crippen LogP contribution in [0.5, 0.6) is 0 Å². The van der Waals surface area contributed by atoms with Crippen molar-refractivity contribution >= 4 is 28.1 Å². The number of amides is 1. The normalized spacial score (nSPS) is 11.1. The minimum absolute atomic E-state index is 0.298. The first-order valence-electron chi connectivity index (χ1n) is 9.83. The standard InChI is InChI=1S/C25H21BrN4O/c1-17-7-11-20(12-8-17)24-15-22(29-30(24)23-6-4-3-5-18(23)2)25(31)28-27-16-19-9-13-21(26)14-10-19/h3-16H,1-2H3,(H,28,31)/b27-16-. The van der Waals surface area contributed by atoms with Gasteiger partial charge in [-0.15, -0.1) is 0 Å². The predicted octanol–water partition coefficient (Wildman–Crippen LogP) is 5.68. The van der Waals surface area contributed by atoms with Gasteiger partial charge in [0.15, 0.2) is 5.69 Å². The number of carbonyl (C=O) groups is 1. The quantitative estimate of drug-likeness (QED) is 0.299. The van der Waals surface area contributed by atoms with Crippen LogP contribution in [-0.2, 0) is 0 Å². The van der Waals surface area contributed by atoms with Gasteiger partial charge in [0.25, 0.3) is 5.91 Å². The molecule has 0 aliphatic carbocycles. The summed E-state index contributed by atoms with van der Waals surface area (Å²) in [6.07, 6.45) is 1.60. The summed E-state index contributed by atoms with van der Waals surface area (Å²) in [5.74, 6) is -0.367. The number of hydrazone groups is 1. The summed E-state index contributed by atoms with van der Waals surface area (Å²) in [5.41, 5.74) is 8.75. The lowest BCUT2D eigenvalue weighted by Gasteiger charge is -2.10. The molecule has 0 fully saturated rings. The summed E-state index contributed by atoms with van der Waals surface area (Å²) in [5, 5.41) is 8.67. The van der Waals surface area contributed by atoms with Gasteiger partial charge >= 0.3 is 0 Å². The van der Waals surface area contributed by atoms with E-state index in [0.717, 1.165) is 32.5 Å². The molecule has 0 unspecified atom stereocenters. The van der Waals surface area contributed by atoms with Gasteiger partial charge in [0.2, 0.25) is 0 Å². The van der Waals surface area contributed by atoms with E-state index < -0.39 is 0 Å². The fourth-order valence-electron chi connectivity index (χ4n) is 3.18. The van der Waals surface area contributed by atoms with Crippen molar-refractivity contribution in [3.8, 4) is 16.9 Å². The lowest BCUT2D eigenvalue weighted by atomic mass is 10.1. The maximum absolute atomic E-state index is 12.7. The molecule has 0 saturated carbocycles. The minimum Gasteiger partial charge on any atom is -0.265 e. The van der Waals surface area contributed by atoms with E-state index in [9.17, 15) is 4.79 Å². The van der Waals surface area contributed by atoms with Crippen LogP contribution < -0.4 is 5.43 Å². The van der Waals surface area contributed by atoms with Crippen LogP contribution in [0.25, 0.3) is 16.9 Å². The summed E-state index contributed by atoms with van der Waals surface area (Å²) in [4.78, 5) is 12.7. The zero-order valence-electron chi connectivity index (χ0n) is 17.2. The van der Waals surface area contributed by atoms with Gasteiger partial charge in [0, 0.05) is 10.0 Å². The SMILES string of the molecule is Cc1ccc(-c2cc(C(=O)N/N=C\c3ccc(Br)cc3)nn2-c2ccccc2C)cc1. The molecule has 0 radical (unpaired) electrons. The summed E-state index contributed by atoms with van der Waals surface area (Å²) >= 11 is 3.40. The summed E-state index contributed by atoms with van der Waals surface area (Å²) in [6.45, 7) is 4.07. The Kier molecular flexibility index (Phi) is 6.09. The maximum atomic E-state index is 12.7. The molecule has 0 bridgehead atoms. The molecule has 6 heteroatoms. The van der Waals surface area contributed by atoms with E-state index in [-0.39, 0.29) is 5.91 Å². The van der Waals surface area contributed by atoms with Gasteiger partial charge in [0.05, 0.1) is 17.6 Å². The Morgan fingerprint density at radius 1 is 1.00 bits per heavy atom. The van der Waals surface area contributed by atoms with Crippen LogP contribution in [0.15, 0.2) is 88.4 Å². The van der Waals surface area contributed by atoms with Crippen molar-refractivity contribution in [3.63, 3.8) is 0 Å². The summed E-state index contributed by atoms with van der Waals surface area (Å²) in [6, 6.07) is 25.6. The molecular weight excluding hydrogens is 452 g/mol. The lowest BCUT2D eigenvalue weighted by molar-refractivity contribution is 0.0949. The van der Waals surface area contributed by atoms with Crippen LogP contribution in [0.3, 0.4) is 0 Å². The molecule has 0 aliphatic rings. The first-order valence-corrected chi connectivity index (χ1v) is 10.6. The number of nitrogens with one attached hydrogen (secondary N) is 1. The van der Waals surface area contributed by atoms with Gasteiger partial charge in [-0.05, 0) is 49.2 Å². The molecular formula is C25H21BrN4O. The molecule has 4 aromatic rings. The molecule has 0 aliphatic heterocycles. The largest absolute Gasteiger partial charge is 0.291 e. The molecule has 0 atom stereocenters. The third-order valence-corrected chi connectivity index (χ3v) is 5.41. The molecule has 1 aromatic heterocycles. The van der Waals surface area contributed by atoms with Crippen molar-refractivity contribution in [1.82, 2.24) is 15.2 Å². The summed E-state index contributed by atoms with van der Waals surface area (Å²) in [7, 11) is 0. The summed E-state index contributed by atoms with van der Waals surface area (Å²) < 4.78 is 2.80. The maximum Gasteiger partial charge on any atom is 0.291 e. The van der Waals surface area contributed by atoms with Crippen LogP contribution in [0.4, 0.5) is 0 Å². The molecule has 1 N–H and O–H groups in total. The highest BCUT2D eigenvalue weighted by molar-refractivity contribution is 9.10. The Hall–Kier alpha value is -3.51. The van der Waals surface area contributed by atoms with Gasteiger partial charge < -0.3 is 0 Å². The van der Waals surface area contributed by atoms with Crippen molar-refractivity contribution in [2.24, 2.45) is 5.10 Å². The van der Waals surface area contributed by atoms with Crippen LogP contribution in [0, 0.1) is 13.8 Å². The Bertz CT molecular complexity index is 1240. The van der Waals surface area contributed by atoms with E-state index in [1.807, 2.05) is 91.3 Å². The smallest absolute Gasteiger partial charge is 0.265 e. The first-order chi connectivity index (χ1) is 15.0. The van der Waals surface area contributed by atoms with Crippen LogP contribution in [0.1, 0.15) is 27.2 Å². The number of halogens is 1. The lowest BCUT2D eigenvalue weighted by Crippen LogP contribution is -2.18. The average Bonchev–Trinajstić information content (AvgIpc) is 3.21. The van der Waals surface area contributed by atoms with E-state index in [4.69, 9.17) is 0 Å². The topological polar surface area (TPSA) is 59.3 Å². The average molecular weight is 473 g/mol. The van der Waals surface area contributed by atoms with Gasteiger partial charge in [-0.2, -0.15) is 10.2 Å². The molecule has 4 rings (SSSR count). The Balaban J connectivity index is 1.65. The Morgan fingerprint density at radius 2 is 1.71 bits per heavy atom. The van der Waals surface area contributed by atoms with Gasteiger partial charge in [-0.1, -0.05) is 76.1 Å². The molecule has 5 nitrogen and oxygen atoms in total. The van der Waals surface area contributed by atoms with Gasteiger partial charge in [0.1, 0.15) is 0 Å². The zero-order chi connectivity index (χ0) is 21.8. The van der Waals surface area contributed by atoms with Gasteiger partial charge in [-0.25, -0.2) is 10.1 Å². The zero-order valence-corrected chi connectivity index (χ0v) is 18.8. The van der Waals surface area contributed by atoms with Crippen LogP contribution in [0.2, 0.25) is 0 Å². The predicted molar refractivity (Wildman–Crippen MR) is 128 cm³/mol. The van der Waals surface area contributed by atoms with Crippen LogP contribution >= 0.6 is 15.9 Å². The van der Waals surface area contributed by atoms with E-state index in [1.165, 1.54) is 5.56 Å². The number of para-hydroxylation sites is 1. The number of hydrogen-bond donors (Lipinski definition) is 1. The highest BCUT2D eigenvalue weighted by Gasteiger charge is 2.17. The second kappa shape index (κ2) is 9.10. The highest BCUT2D eigenvalue weighted by Crippen LogP contribution is 2.26. The van der Waals surface area contributed by atoms with Crippen molar-refractivity contribution in [2.75, 3.05) is 0 Å². The highest BCUT2D eigenvalue weighted by atomic mass is 79.9. The molecule has 3 aromatic carbocycles. The number of hydrogen-bond acceptors (Lipinski definition) is 3. The number of aromatic nitrogens is 2. The molecule has 1 amide bonds. The van der Waals surface area contributed by atoms with E-state index >= 15 is 0 Å². The number of rotatable bonds is 5. The number of benzene rings is 3. The Labute approximate surface area is 189 Å². The van der Waals surface area contributed by atoms with Crippen molar-refractivity contribution in [2.45, 2.75) is 13.8 Å². The third kappa shape index (κ3) is 4.81. The van der Waals surface area contributed by atoms with E-state index in [1.54, 1.807) is 12.3 Å².